The number of carbonyl (C=O) groups is 4. The van der Waals surface area contributed by atoms with Crippen molar-refractivity contribution in [1.82, 2.24) is 5.32 Å². The molecule has 0 aliphatic heterocycles. The SMILES string of the molecule is CCC(Sc1cccc(NC(=O)/C(=C/c2ccc(C)cc2)NC(=O)c2ccccc2)c1)C(=O)Nc1sc2c(c1C(=O)OC)CCC(c1ccccc1)C2. The van der Waals surface area contributed by atoms with Gasteiger partial charge in [0.2, 0.25) is 5.91 Å². The topological polar surface area (TPSA) is 114 Å². The second-order valence-corrected chi connectivity index (χ2v) is 15.2. The highest BCUT2D eigenvalue weighted by atomic mass is 32.2. The molecule has 10 heteroatoms. The summed E-state index contributed by atoms with van der Waals surface area (Å²) in [5.74, 6) is -1.22. The lowest BCUT2D eigenvalue weighted by atomic mass is 9.83. The maximum atomic E-state index is 13.8. The molecule has 8 nitrogen and oxygen atoms in total. The number of amides is 3. The molecule has 270 valence electrons. The van der Waals surface area contributed by atoms with E-state index in [1.807, 2.05) is 68.4 Å². The van der Waals surface area contributed by atoms with Crippen molar-refractivity contribution in [2.45, 2.75) is 55.6 Å². The van der Waals surface area contributed by atoms with E-state index in [0.717, 1.165) is 45.7 Å². The van der Waals surface area contributed by atoms with Crippen LogP contribution in [0.15, 0.2) is 120 Å². The lowest BCUT2D eigenvalue weighted by Crippen LogP contribution is -2.30. The molecule has 1 aliphatic rings. The number of hydrogen-bond donors (Lipinski definition) is 3. The number of rotatable bonds is 12. The van der Waals surface area contributed by atoms with Crippen LogP contribution in [0.2, 0.25) is 0 Å². The smallest absolute Gasteiger partial charge is 0.341 e. The first-order valence-electron chi connectivity index (χ1n) is 17.5. The van der Waals surface area contributed by atoms with Crippen LogP contribution in [-0.2, 0) is 27.2 Å². The number of carbonyl (C=O) groups excluding carboxylic acids is 4. The second-order valence-electron chi connectivity index (χ2n) is 12.8. The summed E-state index contributed by atoms with van der Waals surface area (Å²) in [6.07, 6.45) is 4.60. The molecule has 1 aromatic heterocycles. The van der Waals surface area contributed by atoms with Crippen LogP contribution in [0.1, 0.15) is 73.5 Å². The van der Waals surface area contributed by atoms with Crippen LogP contribution in [0.5, 0.6) is 0 Å². The molecule has 0 saturated heterocycles. The van der Waals surface area contributed by atoms with Gasteiger partial charge in [0, 0.05) is 21.0 Å². The molecule has 4 aromatic carbocycles. The third-order valence-electron chi connectivity index (χ3n) is 9.11. The quantitative estimate of drug-likeness (QED) is 0.0668. The molecule has 0 spiro atoms. The van der Waals surface area contributed by atoms with Gasteiger partial charge in [-0.15, -0.1) is 23.1 Å². The molecular weight excluding hydrogens is 703 g/mol. The first kappa shape index (κ1) is 37.3. The minimum absolute atomic E-state index is 0.0849. The van der Waals surface area contributed by atoms with Crippen molar-refractivity contribution in [2.75, 3.05) is 17.7 Å². The monoisotopic (exact) mass is 743 g/mol. The fourth-order valence-electron chi connectivity index (χ4n) is 6.30. The fraction of sp³-hybridized carbons (Fsp3) is 0.209. The van der Waals surface area contributed by atoms with E-state index in [0.29, 0.717) is 34.2 Å². The summed E-state index contributed by atoms with van der Waals surface area (Å²) in [6.45, 7) is 3.91. The Labute approximate surface area is 318 Å². The number of nitrogens with one attached hydrogen (secondary N) is 3. The Hall–Kier alpha value is -5.45. The largest absolute Gasteiger partial charge is 0.465 e. The zero-order valence-corrected chi connectivity index (χ0v) is 31.4. The average Bonchev–Trinajstić information content (AvgIpc) is 3.54. The number of fused-ring (bicyclic) bond motifs is 1. The van der Waals surface area contributed by atoms with E-state index in [-0.39, 0.29) is 11.6 Å². The predicted octanol–water partition coefficient (Wildman–Crippen LogP) is 9.03. The van der Waals surface area contributed by atoms with Gasteiger partial charge in [0.15, 0.2) is 0 Å². The Kier molecular flexibility index (Phi) is 12.2. The molecule has 3 N–H and O–H groups in total. The Balaban J connectivity index is 1.17. The summed E-state index contributed by atoms with van der Waals surface area (Å²) < 4.78 is 5.17. The molecule has 6 rings (SSSR count). The number of anilines is 2. The third-order valence-corrected chi connectivity index (χ3v) is 11.6. The van der Waals surface area contributed by atoms with Crippen LogP contribution in [-0.4, -0.2) is 36.1 Å². The first-order valence-corrected chi connectivity index (χ1v) is 19.2. The fourth-order valence-corrected chi connectivity index (χ4v) is 8.63. The van der Waals surface area contributed by atoms with Gasteiger partial charge in [-0.2, -0.15) is 0 Å². The Bertz CT molecular complexity index is 2130. The number of thioether (sulfide) groups is 1. The van der Waals surface area contributed by atoms with Crippen LogP contribution in [0.25, 0.3) is 6.08 Å². The molecule has 0 bridgehead atoms. The van der Waals surface area contributed by atoms with Crippen molar-refractivity contribution < 1.29 is 23.9 Å². The highest BCUT2D eigenvalue weighted by Crippen LogP contribution is 2.43. The molecule has 0 saturated carbocycles. The zero-order chi connectivity index (χ0) is 37.3. The van der Waals surface area contributed by atoms with Crippen molar-refractivity contribution >= 4 is 63.6 Å². The highest BCUT2D eigenvalue weighted by Gasteiger charge is 2.31. The van der Waals surface area contributed by atoms with E-state index in [2.05, 4.69) is 28.1 Å². The van der Waals surface area contributed by atoms with Crippen LogP contribution in [0, 0.1) is 6.92 Å². The minimum atomic E-state index is -0.492. The van der Waals surface area contributed by atoms with Gasteiger partial charge in [0.25, 0.3) is 11.8 Å². The first-order chi connectivity index (χ1) is 25.7. The highest BCUT2D eigenvalue weighted by molar-refractivity contribution is 8.00. The molecule has 5 aromatic rings. The Morgan fingerprint density at radius 2 is 1.62 bits per heavy atom. The van der Waals surface area contributed by atoms with Gasteiger partial charge in [0.1, 0.15) is 10.7 Å². The standard InChI is InChI=1S/C43H41N3O5S2/c1-4-36(41(49)46-42-38(43(50)51-3)34-23-22-31(25-37(34)53-42)29-12-7-5-8-13-29)52-33-17-11-16-32(26-33)44-40(48)35(24-28-20-18-27(2)19-21-28)45-39(47)30-14-9-6-10-15-30/h5-21,24,26,31,36H,4,22-23,25H2,1-3H3,(H,44,48)(H,45,47)(H,46,49)/b35-24-. The van der Waals surface area contributed by atoms with Crippen molar-refractivity contribution in [2.24, 2.45) is 0 Å². The third kappa shape index (κ3) is 9.32. The minimum Gasteiger partial charge on any atom is -0.465 e. The Morgan fingerprint density at radius 3 is 2.32 bits per heavy atom. The van der Waals surface area contributed by atoms with Gasteiger partial charge >= 0.3 is 5.97 Å². The van der Waals surface area contributed by atoms with E-state index in [1.165, 1.54) is 35.8 Å². The van der Waals surface area contributed by atoms with Crippen LogP contribution in [0.4, 0.5) is 10.7 Å². The lowest BCUT2D eigenvalue weighted by molar-refractivity contribution is -0.116. The van der Waals surface area contributed by atoms with Crippen LogP contribution < -0.4 is 16.0 Å². The Morgan fingerprint density at radius 1 is 0.906 bits per heavy atom. The zero-order valence-electron chi connectivity index (χ0n) is 29.8. The molecule has 2 unspecified atom stereocenters. The molecule has 0 fully saturated rings. The van der Waals surface area contributed by atoms with Gasteiger partial charge in [-0.05, 0) is 91.6 Å². The number of methoxy groups -OCH3 is 1. The lowest BCUT2D eigenvalue weighted by Gasteiger charge is -2.22. The number of thiophene rings is 1. The van der Waals surface area contributed by atoms with Crippen LogP contribution in [0.3, 0.4) is 0 Å². The van der Waals surface area contributed by atoms with Gasteiger partial charge in [0.05, 0.1) is 17.9 Å². The average molecular weight is 744 g/mol. The van der Waals surface area contributed by atoms with Gasteiger partial charge in [-0.1, -0.05) is 91.3 Å². The molecular formula is C43H41N3O5S2. The van der Waals surface area contributed by atoms with Crippen molar-refractivity contribution in [3.63, 3.8) is 0 Å². The van der Waals surface area contributed by atoms with Gasteiger partial charge in [-0.3, -0.25) is 14.4 Å². The number of esters is 1. The normalized spacial score (nSPS) is 14.4. The summed E-state index contributed by atoms with van der Waals surface area (Å²) in [5.41, 5.74) is 5.53. The number of benzene rings is 4. The van der Waals surface area contributed by atoms with E-state index in [1.54, 1.807) is 48.5 Å². The maximum absolute atomic E-state index is 13.8. The summed E-state index contributed by atoms with van der Waals surface area (Å²) >= 11 is 2.83. The van der Waals surface area contributed by atoms with E-state index < -0.39 is 23.0 Å². The number of ether oxygens (including phenoxy) is 1. The molecule has 0 radical (unpaired) electrons. The van der Waals surface area contributed by atoms with E-state index in [4.69, 9.17) is 4.74 Å². The number of hydrogen-bond acceptors (Lipinski definition) is 7. The van der Waals surface area contributed by atoms with E-state index >= 15 is 0 Å². The van der Waals surface area contributed by atoms with Crippen LogP contribution >= 0.6 is 23.1 Å². The summed E-state index contributed by atoms with van der Waals surface area (Å²) in [5, 5.41) is 8.80. The van der Waals surface area contributed by atoms with Crippen molar-refractivity contribution in [3.8, 4) is 0 Å². The van der Waals surface area contributed by atoms with Crippen molar-refractivity contribution in [3.05, 3.63) is 153 Å². The van der Waals surface area contributed by atoms with Gasteiger partial charge in [-0.25, -0.2) is 4.79 Å². The summed E-state index contributed by atoms with van der Waals surface area (Å²) in [4.78, 5) is 55.4. The van der Waals surface area contributed by atoms with Gasteiger partial charge < -0.3 is 20.7 Å². The van der Waals surface area contributed by atoms with E-state index in [9.17, 15) is 19.2 Å². The summed E-state index contributed by atoms with van der Waals surface area (Å²) in [6, 6.07) is 34.0. The maximum Gasteiger partial charge on any atom is 0.341 e. The molecule has 1 heterocycles. The molecule has 2 atom stereocenters. The second kappa shape index (κ2) is 17.4. The number of aryl methyl sites for hydroxylation is 1. The molecule has 53 heavy (non-hydrogen) atoms. The summed E-state index contributed by atoms with van der Waals surface area (Å²) in [7, 11) is 1.36. The van der Waals surface area contributed by atoms with Crippen molar-refractivity contribution in [1.29, 1.82) is 0 Å². The molecule has 3 amide bonds. The predicted molar refractivity (Wildman–Crippen MR) is 214 cm³/mol. The molecule has 1 aliphatic carbocycles.